The van der Waals surface area contributed by atoms with Gasteiger partial charge in [0.25, 0.3) is 0 Å². The van der Waals surface area contributed by atoms with E-state index in [0.29, 0.717) is 0 Å². The molecule has 1 fully saturated rings. The summed E-state index contributed by atoms with van der Waals surface area (Å²) >= 11 is 3.39. The van der Waals surface area contributed by atoms with E-state index in [4.69, 9.17) is 5.73 Å². The minimum absolute atomic E-state index is 0. The molecule has 0 atom stereocenters. The molecule has 0 bridgehead atoms. The van der Waals surface area contributed by atoms with Gasteiger partial charge >= 0.3 is 0 Å². The van der Waals surface area contributed by atoms with Crippen molar-refractivity contribution >= 4 is 28.3 Å². The molecule has 0 radical (unpaired) electrons. The molecule has 12 heavy (non-hydrogen) atoms. The summed E-state index contributed by atoms with van der Waals surface area (Å²) in [6.07, 6.45) is 2.27. The summed E-state index contributed by atoms with van der Waals surface area (Å²) in [5.74, 6) is 0. The first-order valence-electron chi connectivity index (χ1n) is 3.76. The third-order valence-corrected chi connectivity index (χ3v) is 2.74. The zero-order valence-corrected chi connectivity index (χ0v) is 8.99. The SMILES string of the molecule is Cl.NC1(c2ccc(Br)cc2)CC1. The average Bonchev–Trinajstić information content (AvgIpc) is 2.70. The Kier molecular flexibility index (Phi) is 2.81. The zero-order chi connectivity index (χ0) is 7.90. The van der Waals surface area contributed by atoms with Crippen LogP contribution in [0.3, 0.4) is 0 Å². The Labute approximate surface area is 86.9 Å². The van der Waals surface area contributed by atoms with Crippen LogP contribution in [-0.2, 0) is 5.54 Å². The molecule has 1 aromatic rings. The summed E-state index contributed by atoms with van der Waals surface area (Å²) in [5.41, 5.74) is 7.28. The smallest absolute Gasteiger partial charge is 0.0411 e. The lowest BCUT2D eigenvalue weighted by atomic mass is 10.1. The maximum absolute atomic E-state index is 6.00. The standard InChI is InChI=1S/C9H10BrN.ClH/c10-8-3-1-7(2-4-8)9(11)5-6-9;/h1-4H,5-6,11H2;1H. The molecule has 0 aliphatic heterocycles. The van der Waals surface area contributed by atoms with Gasteiger partial charge in [-0.25, -0.2) is 0 Å². The fraction of sp³-hybridized carbons (Fsp3) is 0.333. The van der Waals surface area contributed by atoms with Crippen LogP contribution in [-0.4, -0.2) is 0 Å². The van der Waals surface area contributed by atoms with Gasteiger partial charge in [0, 0.05) is 10.0 Å². The van der Waals surface area contributed by atoms with E-state index in [1.54, 1.807) is 0 Å². The molecule has 1 aliphatic carbocycles. The second kappa shape index (κ2) is 3.36. The second-order valence-corrected chi connectivity index (χ2v) is 4.08. The minimum Gasteiger partial charge on any atom is -0.321 e. The van der Waals surface area contributed by atoms with E-state index in [0.717, 1.165) is 17.3 Å². The Morgan fingerprint density at radius 2 is 1.67 bits per heavy atom. The van der Waals surface area contributed by atoms with Gasteiger partial charge in [0.15, 0.2) is 0 Å². The molecule has 3 heteroatoms. The minimum atomic E-state index is 0. The Bertz CT molecular complexity index is 266. The van der Waals surface area contributed by atoms with Crippen LogP contribution < -0.4 is 5.73 Å². The van der Waals surface area contributed by atoms with Gasteiger partial charge < -0.3 is 5.73 Å². The molecule has 0 heterocycles. The van der Waals surface area contributed by atoms with Crippen molar-refractivity contribution in [1.29, 1.82) is 0 Å². The number of halogens is 2. The highest BCUT2D eigenvalue weighted by Gasteiger charge is 2.39. The molecule has 1 aromatic carbocycles. The number of nitrogens with two attached hydrogens (primary N) is 1. The molecule has 0 unspecified atom stereocenters. The van der Waals surface area contributed by atoms with Gasteiger partial charge in [-0.05, 0) is 30.5 Å². The van der Waals surface area contributed by atoms with E-state index < -0.39 is 0 Å². The first kappa shape index (κ1) is 10.0. The van der Waals surface area contributed by atoms with Crippen molar-refractivity contribution in [2.75, 3.05) is 0 Å². The van der Waals surface area contributed by atoms with Gasteiger partial charge in [-0.2, -0.15) is 0 Å². The van der Waals surface area contributed by atoms with E-state index in [1.165, 1.54) is 5.56 Å². The fourth-order valence-corrected chi connectivity index (χ4v) is 1.47. The third kappa shape index (κ3) is 1.82. The lowest BCUT2D eigenvalue weighted by Crippen LogP contribution is -2.18. The molecule has 2 rings (SSSR count). The number of hydrogen-bond acceptors (Lipinski definition) is 1. The quantitative estimate of drug-likeness (QED) is 0.813. The molecule has 1 nitrogen and oxygen atoms in total. The van der Waals surface area contributed by atoms with E-state index >= 15 is 0 Å². The highest BCUT2D eigenvalue weighted by molar-refractivity contribution is 9.10. The van der Waals surface area contributed by atoms with E-state index in [2.05, 4.69) is 28.1 Å². The lowest BCUT2D eigenvalue weighted by Gasteiger charge is -2.07. The predicted molar refractivity (Wildman–Crippen MR) is 56.5 cm³/mol. The number of rotatable bonds is 1. The van der Waals surface area contributed by atoms with Gasteiger partial charge in [-0.15, -0.1) is 12.4 Å². The van der Waals surface area contributed by atoms with Gasteiger partial charge in [-0.3, -0.25) is 0 Å². The topological polar surface area (TPSA) is 26.0 Å². The molecule has 0 saturated heterocycles. The van der Waals surface area contributed by atoms with Crippen molar-refractivity contribution in [3.05, 3.63) is 34.3 Å². The molecule has 1 saturated carbocycles. The Balaban J connectivity index is 0.000000720. The van der Waals surface area contributed by atoms with E-state index in [-0.39, 0.29) is 17.9 Å². The molecule has 1 aliphatic rings. The van der Waals surface area contributed by atoms with Crippen LogP contribution in [0.5, 0.6) is 0 Å². The molecular weight excluding hydrogens is 237 g/mol. The average molecular weight is 249 g/mol. The van der Waals surface area contributed by atoms with Crippen LogP contribution in [0.25, 0.3) is 0 Å². The van der Waals surface area contributed by atoms with Crippen molar-refractivity contribution in [2.24, 2.45) is 5.73 Å². The highest BCUT2D eigenvalue weighted by Crippen LogP contribution is 2.42. The van der Waals surface area contributed by atoms with Crippen molar-refractivity contribution in [2.45, 2.75) is 18.4 Å². The van der Waals surface area contributed by atoms with Crippen LogP contribution >= 0.6 is 28.3 Å². The largest absolute Gasteiger partial charge is 0.321 e. The van der Waals surface area contributed by atoms with E-state index in [1.807, 2.05) is 12.1 Å². The van der Waals surface area contributed by atoms with Crippen LogP contribution in [0, 0.1) is 0 Å². The van der Waals surface area contributed by atoms with Crippen LogP contribution in [0.15, 0.2) is 28.7 Å². The highest BCUT2D eigenvalue weighted by atomic mass is 79.9. The predicted octanol–water partition coefficient (Wildman–Crippen LogP) is 2.82. The molecule has 0 aromatic heterocycles. The third-order valence-electron chi connectivity index (χ3n) is 2.21. The normalized spacial score (nSPS) is 18.2. The maximum atomic E-state index is 6.00. The van der Waals surface area contributed by atoms with Gasteiger partial charge in [-0.1, -0.05) is 28.1 Å². The lowest BCUT2D eigenvalue weighted by molar-refractivity contribution is 0.740. The summed E-state index contributed by atoms with van der Waals surface area (Å²) in [6.45, 7) is 0. The molecule has 66 valence electrons. The van der Waals surface area contributed by atoms with E-state index in [9.17, 15) is 0 Å². The Morgan fingerprint density at radius 1 is 1.17 bits per heavy atom. The molecule has 0 amide bonds. The fourth-order valence-electron chi connectivity index (χ4n) is 1.21. The Hall–Kier alpha value is -0.0500. The van der Waals surface area contributed by atoms with Crippen molar-refractivity contribution in [3.8, 4) is 0 Å². The van der Waals surface area contributed by atoms with Crippen LogP contribution in [0.2, 0.25) is 0 Å². The molecule has 2 N–H and O–H groups in total. The summed E-state index contributed by atoms with van der Waals surface area (Å²) < 4.78 is 1.12. The first-order valence-corrected chi connectivity index (χ1v) is 4.55. The summed E-state index contributed by atoms with van der Waals surface area (Å²) in [5, 5.41) is 0. The van der Waals surface area contributed by atoms with Gasteiger partial charge in [0.05, 0.1) is 0 Å². The summed E-state index contributed by atoms with van der Waals surface area (Å²) in [4.78, 5) is 0. The second-order valence-electron chi connectivity index (χ2n) is 3.16. The monoisotopic (exact) mass is 247 g/mol. The van der Waals surface area contributed by atoms with Crippen molar-refractivity contribution < 1.29 is 0 Å². The number of benzene rings is 1. The van der Waals surface area contributed by atoms with Crippen molar-refractivity contribution in [1.82, 2.24) is 0 Å². The summed E-state index contributed by atoms with van der Waals surface area (Å²) in [6, 6.07) is 8.28. The number of hydrogen-bond donors (Lipinski definition) is 1. The van der Waals surface area contributed by atoms with Crippen molar-refractivity contribution in [3.63, 3.8) is 0 Å². The summed E-state index contributed by atoms with van der Waals surface area (Å²) in [7, 11) is 0. The first-order chi connectivity index (χ1) is 5.21. The van der Waals surface area contributed by atoms with Gasteiger partial charge in [0.2, 0.25) is 0 Å². The maximum Gasteiger partial charge on any atom is 0.0411 e. The molecule has 0 spiro atoms. The Morgan fingerprint density at radius 3 is 2.08 bits per heavy atom. The molecular formula is C9H11BrClN. The zero-order valence-electron chi connectivity index (χ0n) is 6.59. The van der Waals surface area contributed by atoms with Gasteiger partial charge in [0.1, 0.15) is 0 Å². The van der Waals surface area contributed by atoms with Crippen LogP contribution in [0.4, 0.5) is 0 Å². The van der Waals surface area contributed by atoms with Crippen LogP contribution in [0.1, 0.15) is 18.4 Å².